The fraction of sp³-hybridized carbons (Fsp3) is 0. The van der Waals surface area contributed by atoms with Gasteiger partial charge in [0.15, 0.2) is 0 Å². The molecule has 4 heteroatoms. The van der Waals surface area contributed by atoms with Gasteiger partial charge in [0, 0.05) is 0 Å². The lowest BCUT2D eigenvalue weighted by Crippen LogP contribution is -1.94. The number of carboxylic acids is 2. The summed E-state index contributed by atoms with van der Waals surface area (Å²) in [4.78, 5) is 21.5. The Labute approximate surface area is 139 Å². The molecule has 4 nitrogen and oxygen atoms in total. The van der Waals surface area contributed by atoms with Crippen LogP contribution in [0, 0.1) is 0 Å². The molecule has 0 unspecified atom stereocenters. The highest BCUT2D eigenvalue weighted by molar-refractivity contribution is 5.88. The van der Waals surface area contributed by atoms with Gasteiger partial charge in [0.05, 0.1) is 11.1 Å². The van der Waals surface area contributed by atoms with Crippen LogP contribution in [0.5, 0.6) is 0 Å². The van der Waals surface area contributed by atoms with E-state index in [-0.39, 0.29) is 11.1 Å². The zero-order chi connectivity index (χ0) is 17.4. The SMILES string of the molecule is O=C(O)c1ccc(\C=C/C=C/C=C/c2ccc(C(=O)O)cc2)cc1. The fourth-order valence-corrected chi connectivity index (χ4v) is 1.94. The number of aromatic carboxylic acids is 2. The first-order chi connectivity index (χ1) is 11.6. The monoisotopic (exact) mass is 320 g/mol. The first kappa shape index (κ1) is 17.0. The predicted molar refractivity (Wildman–Crippen MR) is 94.0 cm³/mol. The summed E-state index contributed by atoms with van der Waals surface area (Å²) >= 11 is 0. The molecule has 120 valence electrons. The number of rotatable bonds is 6. The van der Waals surface area contributed by atoms with E-state index >= 15 is 0 Å². The lowest BCUT2D eigenvalue weighted by atomic mass is 10.1. The molecule has 0 radical (unpaired) electrons. The quantitative estimate of drug-likeness (QED) is 0.775. The molecule has 2 aromatic rings. The zero-order valence-electron chi connectivity index (χ0n) is 12.8. The van der Waals surface area contributed by atoms with Crippen molar-refractivity contribution in [3.05, 3.63) is 95.1 Å². The third-order valence-electron chi connectivity index (χ3n) is 3.23. The van der Waals surface area contributed by atoms with Gasteiger partial charge in [0.1, 0.15) is 0 Å². The molecule has 0 aromatic heterocycles. The summed E-state index contributed by atoms with van der Waals surface area (Å²) in [6, 6.07) is 13.2. The molecule has 0 spiro atoms. The van der Waals surface area contributed by atoms with Crippen molar-refractivity contribution in [1.29, 1.82) is 0 Å². The van der Waals surface area contributed by atoms with Crippen LogP contribution >= 0.6 is 0 Å². The summed E-state index contributed by atoms with van der Waals surface area (Å²) < 4.78 is 0. The first-order valence-corrected chi connectivity index (χ1v) is 7.24. The van der Waals surface area contributed by atoms with Crippen LogP contribution in [0.4, 0.5) is 0 Å². The number of allylic oxidation sites excluding steroid dienone is 4. The van der Waals surface area contributed by atoms with Crippen LogP contribution in [0.3, 0.4) is 0 Å². The number of hydrogen-bond acceptors (Lipinski definition) is 2. The molecule has 24 heavy (non-hydrogen) atoms. The normalized spacial score (nSPS) is 11.5. The molecule has 0 aliphatic heterocycles. The van der Waals surface area contributed by atoms with Gasteiger partial charge in [-0.05, 0) is 35.4 Å². The summed E-state index contributed by atoms with van der Waals surface area (Å²) in [5.41, 5.74) is 2.36. The Morgan fingerprint density at radius 1 is 0.583 bits per heavy atom. The van der Waals surface area contributed by atoms with Crippen LogP contribution in [0.1, 0.15) is 31.8 Å². The van der Waals surface area contributed by atoms with Crippen LogP contribution < -0.4 is 0 Å². The molecule has 0 saturated carbocycles. The predicted octanol–water partition coefficient (Wildman–Crippen LogP) is 4.37. The molecule has 0 heterocycles. The van der Waals surface area contributed by atoms with Crippen molar-refractivity contribution < 1.29 is 19.8 Å². The summed E-state index contributed by atoms with van der Waals surface area (Å²) in [6.45, 7) is 0. The molecule has 0 fully saturated rings. The van der Waals surface area contributed by atoms with Crippen molar-refractivity contribution in [2.75, 3.05) is 0 Å². The van der Waals surface area contributed by atoms with Crippen molar-refractivity contribution in [3.8, 4) is 0 Å². The van der Waals surface area contributed by atoms with Crippen molar-refractivity contribution in [1.82, 2.24) is 0 Å². The second-order valence-corrected chi connectivity index (χ2v) is 4.96. The van der Waals surface area contributed by atoms with Gasteiger partial charge in [-0.25, -0.2) is 9.59 Å². The number of benzene rings is 2. The minimum absolute atomic E-state index is 0.263. The fourth-order valence-electron chi connectivity index (χ4n) is 1.94. The lowest BCUT2D eigenvalue weighted by Gasteiger charge is -1.95. The molecule has 0 amide bonds. The van der Waals surface area contributed by atoms with E-state index in [0.717, 1.165) is 11.1 Å². The van der Waals surface area contributed by atoms with E-state index in [2.05, 4.69) is 0 Å². The minimum atomic E-state index is -0.938. The van der Waals surface area contributed by atoms with E-state index in [9.17, 15) is 9.59 Å². The van der Waals surface area contributed by atoms with E-state index in [1.807, 2.05) is 36.5 Å². The Morgan fingerprint density at radius 2 is 0.917 bits per heavy atom. The second-order valence-electron chi connectivity index (χ2n) is 4.96. The van der Waals surface area contributed by atoms with Gasteiger partial charge in [-0.15, -0.1) is 0 Å². The summed E-state index contributed by atoms with van der Waals surface area (Å²) in [5.74, 6) is -1.88. The zero-order valence-corrected chi connectivity index (χ0v) is 12.8. The molecule has 0 aliphatic rings. The highest BCUT2D eigenvalue weighted by atomic mass is 16.4. The molecule has 2 N–H and O–H groups in total. The molecule has 0 aliphatic carbocycles. The molecular formula is C20H16O4. The van der Waals surface area contributed by atoms with Crippen molar-refractivity contribution in [3.63, 3.8) is 0 Å². The first-order valence-electron chi connectivity index (χ1n) is 7.24. The maximum atomic E-state index is 10.7. The van der Waals surface area contributed by atoms with E-state index in [0.29, 0.717) is 0 Å². The molecule has 0 atom stereocenters. The Balaban J connectivity index is 1.89. The van der Waals surface area contributed by atoms with Gasteiger partial charge in [0.25, 0.3) is 0 Å². The third-order valence-corrected chi connectivity index (χ3v) is 3.23. The van der Waals surface area contributed by atoms with Crippen LogP contribution in [0.2, 0.25) is 0 Å². The average Bonchev–Trinajstić information content (AvgIpc) is 2.58. The summed E-state index contributed by atoms with van der Waals surface area (Å²) in [7, 11) is 0. The Bertz CT molecular complexity index is 725. The maximum absolute atomic E-state index is 10.7. The smallest absolute Gasteiger partial charge is 0.335 e. The molecule has 2 aromatic carbocycles. The number of carbonyl (C=O) groups is 2. The second kappa shape index (κ2) is 8.29. The van der Waals surface area contributed by atoms with Gasteiger partial charge >= 0.3 is 11.9 Å². The average molecular weight is 320 g/mol. The van der Waals surface area contributed by atoms with Crippen LogP contribution in [0.15, 0.2) is 72.8 Å². The lowest BCUT2D eigenvalue weighted by molar-refractivity contribution is 0.0686. The van der Waals surface area contributed by atoms with Gasteiger partial charge < -0.3 is 10.2 Å². The van der Waals surface area contributed by atoms with Crippen LogP contribution in [0.25, 0.3) is 12.2 Å². The molecular weight excluding hydrogens is 304 g/mol. The molecule has 0 bridgehead atoms. The Kier molecular flexibility index (Phi) is 5.86. The van der Waals surface area contributed by atoms with E-state index in [1.54, 1.807) is 48.5 Å². The van der Waals surface area contributed by atoms with Crippen molar-refractivity contribution >= 4 is 24.1 Å². The van der Waals surface area contributed by atoms with E-state index < -0.39 is 11.9 Å². The van der Waals surface area contributed by atoms with Crippen molar-refractivity contribution in [2.24, 2.45) is 0 Å². The standard InChI is InChI=1S/C20H16O4/c21-19(22)17-11-7-15(8-12-17)5-3-1-2-4-6-16-9-13-18(14-10-16)20(23)24/h1-14H,(H,21,22)(H,23,24)/b2-1+,5-3-,6-4+. The largest absolute Gasteiger partial charge is 0.478 e. The van der Waals surface area contributed by atoms with E-state index in [4.69, 9.17) is 10.2 Å². The number of carboxylic acid groups (broad SMARTS) is 2. The van der Waals surface area contributed by atoms with Gasteiger partial charge in [-0.2, -0.15) is 0 Å². The van der Waals surface area contributed by atoms with Gasteiger partial charge in [0.2, 0.25) is 0 Å². The van der Waals surface area contributed by atoms with Crippen LogP contribution in [-0.4, -0.2) is 22.2 Å². The summed E-state index contributed by atoms with van der Waals surface area (Å²) in [5, 5.41) is 17.6. The minimum Gasteiger partial charge on any atom is -0.478 e. The van der Waals surface area contributed by atoms with Crippen molar-refractivity contribution in [2.45, 2.75) is 0 Å². The highest BCUT2D eigenvalue weighted by Gasteiger charge is 2.00. The molecule has 2 rings (SSSR count). The Hall–Kier alpha value is -3.40. The number of hydrogen-bond donors (Lipinski definition) is 2. The third kappa shape index (κ3) is 5.10. The van der Waals surface area contributed by atoms with Gasteiger partial charge in [-0.1, -0.05) is 60.7 Å². The van der Waals surface area contributed by atoms with Crippen LogP contribution in [-0.2, 0) is 0 Å². The maximum Gasteiger partial charge on any atom is 0.335 e. The highest BCUT2D eigenvalue weighted by Crippen LogP contribution is 2.07. The molecule has 0 saturated heterocycles. The van der Waals surface area contributed by atoms with E-state index in [1.165, 1.54) is 0 Å². The topological polar surface area (TPSA) is 74.6 Å². The van der Waals surface area contributed by atoms with Gasteiger partial charge in [-0.3, -0.25) is 0 Å². The Morgan fingerprint density at radius 3 is 1.21 bits per heavy atom. The summed E-state index contributed by atoms with van der Waals surface area (Å²) in [6.07, 6.45) is 11.2.